The normalized spacial score (nSPS) is 25.5. The first-order valence-electron chi connectivity index (χ1n) is 5.08. The molecule has 1 rings (SSSR count). The van der Waals surface area contributed by atoms with Gasteiger partial charge in [-0.1, -0.05) is 0 Å². The van der Waals surface area contributed by atoms with Crippen molar-refractivity contribution < 1.29 is 27.8 Å². The Labute approximate surface area is 91.9 Å². The molecule has 92 valence electrons. The quantitative estimate of drug-likeness (QED) is 0.545. The smallest absolute Gasteiger partial charge is 0.402 e. The van der Waals surface area contributed by atoms with Gasteiger partial charge in [0.1, 0.15) is 5.60 Å². The van der Waals surface area contributed by atoms with Crippen LogP contribution in [0.2, 0.25) is 0 Å². The van der Waals surface area contributed by atoms with Crippen LogP contribution in [0.25, 0.3) is 0 Å². The maximum Gasteiger partial charge on any atom is 0.402 e. The Bertz CT molecular complexity index is 295. The standard InChI is InChI=1S/C10H14F2O4/c1-3-15-8(14)10(11,12)7(13)9(2)5-4-6-16-9/h3-6H2,1-2H3. The number of esters is 1. The Hall–Kier alpha value is -1.04. The fourth-order valence-corrected chi connectivity index (χ4v) is 1.60. The molecule has 6 heteroatoms. The average molecular weight is 236 g/mol. The van der Waals surface area contributed by atoms with Crippen molar-refractivity contribution in [3.63, 3.8) is 0 Å². The Morgan fingerprint density at radius 3 is 2.56 bits per heavy atom. The largest absolute Gasteiger partial charge is 0.461 e. The van der Waals surface area contributed by atoms with Crippen molar-refractivity contribution in [3.05, 3.63) is 0 Å². The van der Waals surface area contributed by atoms with Crippen LogP contribution in [0.1, 0.15) is 26.7 Å². The average Bonchev–Trinajstić information content (AvgIpc) is 2.65. The van der Waals surface area contributed by atoms with E-state index in [4.69, 9.17) is 4.74 Å². The molecule has 0 aromatic carbocycles. The first-order chi connectivity index (χ1) is 7.34. The number of carbonyl (C=O) groups is 2. The number of carbonyl (C=O) groups excluding carboxylic acids is 2. The fraction of sp³-hybridized carbons (Fsp3) is 0.800. The molecule has 0 aliphatic carbocycles. The summed E-state index contributed by atoms with van der Waals surface area (Å²) in [5.74, 6) is -7.46. The summed E-state index contributed by atoms with van der Waals surface area (Å²) in [6.45, 7) is 2.72. The molecule has 16 heavy (non-hydrogen) atoms. The molecule has 0 aromatic rings. The van der Waals surface area contributed by atoms with Gasteiger partial charge in [0.05, 0.1) is 6.61 Å². The molecule has 1 aliphatic rings. The zero-order chi connectivity index (χ0) is 12.4. The van der Waals surface area contributed by atoms with Gasteiger partial charge in [-0.25, -0.2) is 4.79 Å². The van der Waals surface area contributed by atoms with Gasteiger partial charge in [0.25, 0.3) is 0 Å². The lowest BCUT2D eigenvalue weighted by molar-refractivity contribution is -0.185. The van der Waals surface area contributed by atoms with Crippen LogP contribution in [-0.4, -0.2) is 36.5 Å². The topological polar surface area (TPSA) is 52.6 Å². The summed E-state index contributed by atoms with van der Waals surface area (Å²) in [5, 5.41) is 0. The number of rotatable bonds is 4. The van der Waals surface area contributed by atoms with Gasteiger partial charge in [-0.3, -0.25) is 4.79 Å². The van der Waals surface area contributed by atoms with Crippen molar-refractivity contribution in [3.8, 4) is 0 Å². The van der Waals surface area contributed by atoms with E-state index in [0.717, 1.165) is 0 Å². The maximum atomic E-state index is 13.4. The second-order valence-corrected chi connectivity index (χ2v) is 3.81. The Morgan fingerprint density at radius 2 is 2.12 bits per heavy atom. The number of alkyl halides is 2. The SMILES string of the molecule is CCOC(=O)C(F)(F)C(=O)C1(C)CCCO1. The third-order valence-electron chi connectivity index (χ3n) is 2.52. The van der Waals surface area contributed by atoms with Crippen molar-refractivity contribution in [1.29, 1.82) is 0 Å². The lowest BCUT2D eigenvalue weighted by Gasteiger charge is -2.25. The van der Waals surface area contributed by atoms with Gasteiger partial charge in [-0.2, -0.15) is 8.78 Å². The molecular weight excluding hydrogens is 222 g/mol. The minimum atomic E-state index is -4.13. The van der Waals surface area contributed by atoms with Gasteiger partial charge in [0.2, 0.25) is 5.78 Å². The van der Waals surface area contributed by atoms with E-state index < -0.39 is 23.3 Å². The van der Waals surface area contributed by atoms with Gasteiger partial charge < -0.3 is 9.47 Å². The van der Waals surface area contributed by atoms with Crippen LogP contribution in [0.3, 0.4) is 0 Å². The highest BCUT2D eigenvalue weighted by Gasteiger charge is 2.57. The summed E-state index contributed by atoms with van der Waals surface area (Å²) in [7, 11) is 0. The van der Waals surface area contributed by atoms with E-state index in [1.807, 2.05) is 0 Å². The Morgan fingerprint density at radius 1 is 1.50 bits per heavy atom. The third kappa shape index (κ3) is 2.21. The van der Waals surface area contributed by atoms with Crippen LogP contribution in [-0.2, 0) is 19.1 Å². The molecule has 1 fully saturated rings. The summed E-state index contributed by atoms with van der Waals surface area (Å²) < 4.78 is 35.9. The van der Waals surface area contributed by atoms with Gasteiger partial charge in [0, 0.05) is 6.61 Å². The minimum Gasteiger partial charge on any atom is -0.461 e. The molecular formula is C10H14F2O4. The number of hydrogen-bond acceptors (Lipinski definition) is 4. The molecule has 0 spiro atoms. The van der Waals surface area contributed by atoms with Crippen molar-refractivity contribution in [2.24, 2.45) is 0 Å². The molecule has 1 aliphatic heterocycles. The van der Waals surface area contributed by atoms with E-state index in [9.17, 15) is 18.4 Å². The Kier molecular flexibility index (Phi) is 3.62. The highest BCUT2D eigenvalue weighted by atomic mass is 19.3. The van der Waals surface area contributed by atoms with Gasteiger partial charge in [0.15, 0.2) is 0 Å². The molecule has 1 unspecified atom stereocenters. The lowest BCUT2D eigenvalue weighted by Crippen LogP contribution is -2.51. The van der Waals surface area contributed by atoms with Crippen molar-refractivity contribution in [2.75, 3.05) is 13.2 Å². The third-order valence-corrected chi connectivity index (χ3v) is 2.52. The first-order valence-corrected chi connectivity index (χ1v) is 5.08. The zero-order valence-electron chi connectivity index (χ0n) is 9.22. The molecule has 0 radical (unpaired) electrons. The number of ketones is 1. The highest BCUT2D eigenvalue weighted by molar-refractivity contribution is 6.09. The highest BCUT2D eigenvalue weighted by Crippen LogP contribution is 2.33. The van der Waals surface area contributed by atoms with Crippen LogP contribution in [0.4, 0.5) is 8.78 Å². The number of halogens is 2. The van der Waals surface area contributed by atoms with E-state index in [0.29, 0.717) is 6.42 Å². The van der Waals surface area contributed by atoms with E-state index in [1.54, 1.807) is 0 Å². The molecule has 0 bridgehead atoms. The van der Waals surface area contributed by atoms with E-state index in [2.05, 4.69) is 4.74 Å². The lowest BCUT2D eigenvalue weighted by atomic mass is 9.93. The zero-order valence-corrected chi connectivity index (χ0v) is 9.22. The van der Waals surface area contributed by atoms with Gasteiger partial charge in [-0.15, -0.1) is 0 Å². The Balaban J connectivity index is 2.82. The molecule has 0 amide bonds. The summed E-state index contributed by atoms with van der Waals surface area (Å²) in [6.07, 6.45) is 0.724. The summed E-state index contributed by atoms with van der Waals surface area (Å²) in [5.41, 5.74) is -1.57. The van der Waals surface area contributed by atoms with Crippen LogP contribution < -0.4 is 0 Å². The molecule has 1 atom stereocenters. The van der Waals surface area contributed by atoms with Gasteiger partial charge in [-0.05, 0) is 26.7 Å². The van der Waals surface area contributed by atoms with E-state index >= 15 is 0 Å². The van der Waals surface area contributed by atoms with E-state index in [-0.39, 0.29) is 19.6 Å². The molecule has 1 heterocycles. The van der Waals surface area contributed by atoms with Crippen LogP contribution in [0, 0.1) is 0 Å². The summed E-state index contributed by atoms with van der Waals surface area (Å²) in [6, 6.07) is 0. The van der Waals surface area contributed by atoms with Crippen LogP contribution in [0.5, 0.6) is 0 Å². The minimum absolute atomic E-state index is 0.195. The monoisotopic (exact) mass is 236 g/mol. The van der Waals surface area contributed by atoms with Crippen molar-refractivity contribution in [1.82, 2.24) is 0 Å². The molecule has 0 N–H and O–H groups in total. The predicted molar refractivity (Wildman–Crippen MR) is 50.2 cm³/mol. The molecule has 1 saturated heterocycles. The molecule has 0 saturated carbocycles. The van der Waals surface area contributed by atoms with E-state index in [1.165, 1.54) is 13.8 Å². The second-order valence-electron chi connectivity index (χ2n) is 3.81. The van der Waals surface area contributed by atoms with Gasteiger partial charge >= 0.3 is 11.9 Å². The van der Waals surface area contributed by atoms with Crippen molar-refractivity contribution >= 4 is 11.8 Å². The first kappa shape index (κ1) is 13.0. The molecule has 0 aromatic heterocycles. The number of hydrogen-bond donors (Lipinski definition) is 0. The van der Waals surface area contributed by atoms with Crippen LogP contribution in [0.15, 0.2) is 0 Å². The summed E-state index contributed by atoms with van der Waals surface area (Å²) >= 11 is 0. The maximum absolute atomic E-state index is 13.4. The van der Waals surface area contributed by atoms with Crippen molar-refractivity contribution in [2.45, 2.75) is 38.2 Å². The number of Topliss-reactive ketones (excluding diaryl/α,β-unsaturated/α-hetero) is 1. The second kappa shape index (κ2) is 4.45. The van der Waals surface area contributed by atoms with Crippen LogP contribution >= 0.6 is 0 Å². The number of ether oxygens (including phenoxy) is 2. The molecule has 4 nitrogen and oxygen atoms in total. The summed E-state index contributed by atoms with van der Waals surface area (Å²) in [4.78, 5) is 22.5. The predicted octanol–water partition coefficient (Wildman–Crippen LogP) is 1.32. The fourth-order valence-electron chi connectivity index (χ4n) is 1.60.